The van der Waals surface area contributed by atoms with Crippen LogP contribution in [0.2, 0.25) is 0 Å². The molecule has 0 aliphatic carbocycles. The van der Waals surface area contributed by atoms with Crippen LogP contribution >= 0.6 is 27.7 Å². The maximum Gasteiger partial charge on any atom is 0.177 e. The lowest BCUT2D eigenvalue weighted by Crippen LogP contribution is -2.28. The Morgan fingerprint density at radius 3 is 3.00 bits per heavy atom. The van der Waals surface area contributed by atoms with Crippen molar-refractivity contribution in [2.75, 3.05) is 6.61 Å². The van der Waals surface area contributed by atoms with Gasteiger partial charge in [-0.25, -0.2) is 0 Å². The van der Waals surface area contributed by atoms with Crippen LogP contribution in [0.4, 0.5) is 0 Å². The van der Waals surface area contributed by atoms with Crippen LogP contribution in [0.25, 0.3) is 0 Å². The Kier molecular flexibility index (Phi) is 3.18. The van der Waals surface area contributed by atoms with Crippen molar-refractivity contribution in [2.45, 2.75) is 31.3 Å². The average molecular weight is 327 g/mol. The molecule has 18 heavy (non-hydrogen) atoms. The molecule has 3 rings (SSSR count). The highest BCUT2D eigenvalue weighted by Gasteiger charge is 2.35. The van der Waals surface area contributed by atoms with Gasteiger partial charge in [-0.2, -0.15) is 0 Å². The highest BCUT2D eigenvalue weighted by atomic mass is 79.9. The van der Waals surface area contributed by atoms with Gasteiger partial charge in [0.05, 0.1) is 11.9 Å². The molecule has 2 heterocycles. The van der Waals surface area contributed by atoms with E-state index in [1.807, 2.05) is 0 Å². The molecular formula is C14H15BrO2S. The fourth-order valence-corrected chi connectivity index (χ4v) is 4.65. The second-order valence-electron chi connectivity index (χ2n) is 5.14. The van der Waals surface area contributed by atoms with E-state index in [1.54, 1.807) is 11.8 Å². The SMILES string of the molecule is CC(C)C1SCc2c3c(cc(Br)c2C1=O)CCO3. The number of carbonyl (C=O) groups excluding carboxylic acids is 1. The summed E-state index contributed by atoms with van der Waals surface area (Å²) in [6, 6.07) is 2.06. The van der Waals surface area contributed by atoms with Crippen molar-refractivity contribution >= 4 is 33.5 Å². The van der Waals surface area contributed by atoms with Crippen LogP contribution in [0.5, 0.6) is 5.75 Å². The van der Waals surface area contributed by atoms with Crippen LogP contribution in [0.1, 0.15) is 35.3 Å². The molecule has 1 aromatic rings. The summed E-state index contributed by atoms with van der Waals surface area (Å²) in [6.07, 6.45) is 0.952. The quantitative estimate of drug-likeness (QED) is 0.784. The number of thioether (sulfide) groups is 1. The topological polar surface area (TPSA) is 26.3 Å². The van der Waals surface area contributed by atoms with Gasteiger partial charge in [0.15, 0.2) is 5.78 Å². The van der Waals surface area contributed by atoms with E-state index in [2.05, 4.69) is 35.8 Å². The summed E-state index contributed by atoms with van der Waals surface area (Å²) in [7, 11) is 0. The lowest BCUT2D eigenvalue weighted by Gasteiger charge is -2.27. The van der Waals surface area contributed by atoms with Crippen molar-refractivity contribution in [1.82, 2.24) is 0 Å². The van der Waals surface area contributed by atoms with Crippen molar-refractivity contribution in [3.05, 3.63) is 27.2 Å². The third-order valence-electron chi connectivity index (χ3n) is 3.54. The van der Waals surface area contributed by atoms with Crippen molar-refractivity contribution in [2.24, 2.45) is 5.92 Å². The minimum Gasteiger partial charge on any atom is -0.493 e. The van der Waals surface area contributed by atoms with Gasteiger partial charge in [0.2, 0.25) is 0 Å². The molecule has 0 bridgehead atoms. The van der Waals surface area contributed by atoms with Gasteiger partial charge in [0, 0.05) is 27.8 Å². The summed E-state index contributed by atoms with van der Waals surface area (Å²) in [5, 5.41) is 0.0771. The number of Topliss-reactive ketones (excluding diaryl/α,β-unsaturated/α-hetero) is 1. The summed E-state index contributed by atoms with van der Waals surface area (Å²) in [6.45, 7) is 4.96. The first-order valence-electron chi connectivity index (χ1n) is 6.22. The fraction of sp³-hybridized carbons (Fsp3) is 0.500. The fourth-order valence-electron chi connectivity index (χ4n) is 2.66. The summed E-state index contributed by atoms with van der Waals surface area (Å²) in [5.74, 6) is 2.47. The second-order valence-corrected chi connectivity index (χ2v) is 7.12. The molecule has 1 aromatic carbocycles. The molecule has 0 saturated heterocycles. The first-order chi connectivity index (χ1) is 8.59. The molecule has 0 saturated carbocycles. The van der Waals surface area contributed by atoms with Gasteiger partial charge in [-0.1, -0.05) is 29.8 Å². The normalized spacial score (nSPS) is 21.8. The van der Waals surface area contributed by atoms with E-state index in [1.165, 1.54) is 5.56 Å². The Labute approximate surface area is 120 Å². The third kappa shape index (κ3) is 1.81. The van der Waals surface area contributed by atoms with Crippen LogP contribution in [0, 0.1) is 5.92 Å². The predicted molar refractivity (Wildman–Crippen MR) is 77.6 cm³/mol. The summed E-state index contributed by atoms with van der Waals surface area (Å²) >= 11 is 5.31. The number of ketones is 1. The molecule has 1 unspecified atom stereocenters. The molecule has 2 aliphatic rings. The lowest BCUT2D eigenvalue weighted by atomic mass is 9.94. The molecule has 1 atom stereocenters. The largest absolute Gasteiger partial charge is 0.493 e. The molecule has 4 heteroatoms. The van der Waals surface area contributed by atoms with Crippen LogP contribution in [0.3, 0.4) is 0 Å². The average Bonchev–Trinajstić information content (AvgIpc) is 2.76. The van der Waals surface area contributed by atoms with E-state index >= 15 is 0 Å². The Balaban J connectivity index is 2.14. The third-order valence-corrected chi connectivity index (χ3v) is 5.74. The molecule has 96 valence electrons. The lowest BCUT2D eigenvalue weighted by molar-refractivity contribution is 0.0971. The summed E-state index contributed by atoms with van der Waals surface area (Å²) in [5.41, 5.74) is 3.19. The molecule has 2 nitrogen and oxygen atoms in total. The van der Waals surface area contributed by atoms with Crippen LogP contribution < -0.4 is 4.74 Å². The molecule has 0 spiro atoms. The zero-order chi connectivity index (χ0) is 12.9. The van der Waals surface area contributed by atoms with Crippen molar-refractivity contribution in [3.8, 4) is 5.75 Å². The van der Waals surface area contributed by atoms with Crippen molar-refractivity contribution in [3.63, 3.8) is 0 Å². The predicted octanol–water partition coefficient (Wildman–Crippen LogP) is 3.84. The Hall–Kier alpha value is -0.480. The van der Waals surface area contributed by atoms with Gasteiger partial charge in [0.25, 0.3) is 0 Å². The molecular weight excluding hydrogens is 312 g/mol. The number of carbonyl (C=O) groups is 1. The number of ether oxygens (including phenoxy) is 1. The van der Waals surface area contributed by atoms with Gasteiger partial charge < -0.3 is 4.74 Å². The summed E-state index contributed by atoms with van der Waals surface area (Å²) < 4.78 is 6.65. The van der Waals surface area contributed by atoms with E-state index in [-0.39, 0.29) is 11.0 Å². The van der Waals surface area contributed by atoms with E-state index in [0.717, 1.165) is 40.1 Å². The van der Waals surface area contributed by atoms with E-state index < -0.39 is 0 Å². The Morgan fingerprint density at radius 1 is 1.50 bits per heavy atom. The van der Waals surface area contributed by atoms with Gasteiger partial charge in [-0.15, -0.1) is 11.8 Å². The Bertz CT molecular complexity index is 525. The minimum absolute atomic E-state index is 0.0771. The summed E-state index contributed by atoms with van der Waals surface area (Å²) in [4.78, 5) is 12.6. The maximum atomic E-state index is 12.6. The van der Waals surface area contributed by atoms with Gasteiger partial charge >= 0.3 is 0 Å². The Morgan fingerprint density at radius 2 is 2.28 bits per heavy atom. The molecule has 0 amide bonds. The van der Waals surface area contributed by atoms with Crippen molar-refractivity contribution < 1.29 is 9.53 Å². The number of halogens is 1. The smallest absolute Gasteiger partial charge is 0.177 e. The minimum atomic E-state index is 0.0771. The van der Waals surface area contributed by atoms with E-state index in [9.17, 15) is 4.79 Å². The number of rotatable bonds is 1. The first-order valence-corrected chi connectivity index (χ1v) is 8.06. The van der Waals surface area contributed by atoms with Crippen LogP contribution in [-0.4, -0.2) is 17.6 Å². The van der Waals surface area contributed by atoms with E-state index in [4.69, 9.17) is 4.74 Å². The standard InChI is InChI=1S/C14H15BrO2S/c1-7(2)14-12(16)11-9(6-18-14)13-8(3-4-17-13)5-10(11)15/h5,7,14H,3-4,6H2,1-2H3. The number of hydrogen-bond acceptors (Lipinski definition) is 3. The molecule has 0 aromatic heterocycles. The highest BCUT2D eigenvalue weighted by Crippen LogP contribution is 2.44. The van der Waals surface area contributed by atoms with Crippen LogP contribution in [-0.2, 0) is 12.2 Å². The molecule has 2 aliphatic heterocycles. The zero-order valence-electron chi connectivity index (χ0n) is 10.5. The first kappa shape index (κ1) is 12.5. The zero-order valence-corrected chi connectivity index (χ0v) is 12.9. The maximum absolute atomic E-state index is 12.6. The number of benzene rings is 1. The molecule has 0 fully saturated rings. The number of fused-ring (bicyclic) bond motifs is 3. The van der Waals surface area contributed by atoms with Gasteiger partial charge in [0.1, 0.15) is 5.75 Å². The number of hydrogen-bond donors (Lipinski definition) is 0. The second kappa shape index (κ2) is 4.57. The van der Waals surface area contributed by atoms with Gasteiger partial charge in [-0.3, -0.25) is 4.79 Å². The van der Waals surface area contributed by atoms with E-state index in [0.29, 0.717) is 5.92 Å². The van der Waals surface area contributed by atoms with Crippen molar-refractivity contribution in [1.29, 1.82) is 0 Å². The monoisotopic (exact) mass is 326 g/mol. The van der Waals surface area contributed by atoms with Crippen LogP contribution in [0.15, 0.2) is 10.5 Å². The highest BCUT2D eigenvalue weighted by molar-refractivity contribution is 9.10. The van der Waals surface area contributed by atoms with Gasteiger partial charge in [-0.05, 0) is 17.5 Å². The molecule has 0 N–H and O–H groups in total. The molecule has 0 radical (unpaired) electrons.